The fourth-order valence-electron chi connectivity index (χ4n) is 2.58. The van der Waals surface area contributed by atoms with E-state index in [-0.39, 0.29) is 12.5 Å². The van der Waals surface area contributed by atoms with Gasteiger partial charge in [0.1, 0.15) is 0 Å². The first kappa shape index (κ1) is 22.5. The zero-order valence-corrected chi connectivity index (χ0v) is 18.3. The molecule has 0 unspecified atom stereocenters. The molecule has 29 heavy (non-hydrogen) atoms. The van der Waals surface area contributed by atoms with Crippen molar-refractivity contribution in [3.63, 3.8) is 0 Å². The average Bonchev–Trinajstić information content (AvgIpc) is 3.14. The summed E-state index contributed by atoms with van der Waals surface area (Å²) in [6.45, 7) is 8.55. The van der Waals surface area contributed by atoms with Gasteiger partial charge in [-0.3, -0.25) is 4.79 Å². The number of amides is 1. The van der Waals surface area contributed by atoms with Gasteiger partial charge in [-0.1, -0.05) is 6.07 Å². The Morgan fingerprint density at radius 2 is 1.86 bits per heavy atom. The van der Waals surface area contributed by atoms with Crippen molar-refractivity contribution in [1.82, 2.24) is 16.0 Å². The number of carbonyl (C=O) groups is 1. The second kappa shape index (κ2) is 12.0. The molecule has 1 heterocycles. The molecule has 0 saturated heterocycles. The molecule has 0 aliphatic rings. The third-order valence-corrected chi connectivity index (χ3v) is 4.95. The van der Waals surface area contributed by atoms with Gasteiger partial charge in [0, 0.05) is 22.8 Å². The molecular formula is C21H30N4O3S. The highest BCUT2D eigenvalue weighted by atomic mass is 32.1. The average molecular weight is 419 g/mol. The second-order valence-corrected chi connectivity index (χ2v) is 7.66. The van der Waals surface area contributed by atoms with Crippen molar-refractivity contribution < 1.29 is 14.3 Å². The van der Waals surface area contributed by atoms with Crippen molar-refractivity contribution in [3.8, 4) is 11.5 Å². The number of aliphatic imine (C=N–C) groups is 1. The van der Waals surface area contributed by atoms with Gasteiger partial charge in [-0.15, -0.1) is 11.3 Å². The smallest absolute Gasteiger partial charge is 0.257 e. The normalized spacial score (nSPS) is 11.1. The van der Waals surface area contributed by atoms with Crippen molar-refractivity contribution in [2.24, 2.45) is 4.99 Å². The van der Waals surface area contributed by atoms with E-state index in [0.717, 1.165) is 24.6 Å². The van der Waals surface area contributed by atoms with Crippen LogP contribution in [0.4, 0.5) is 0 Å². The fraction of sp³-hybridized carbons (Fsp3) is 0.429. The summed E-state index contributed by atoms with van der Waals surface area (Å²) in [7, 11) is 1.58. The molecule has 0 bridgehead atoms. The highest BCUT2D eigenvalue weighted by Gasteiger charge is 2.09. The predicted octanol–water partition coefficient (Wildman–Crippen LogP) is 2.84. The summed E-state index contributed by atoms with van der Waals surface area (Å²) in [5, 5.41) is 9.31. The molecule has 3 N–H and O–H groups in total. The second-order valence-electron chi connectivity index (χ2n) is 6.29. The van der Waals surface area contributed by atoms with Gasteiger partial charge in [-0.05, 0) is 50.6 Å². The topological polar surface area (TPSA) is 84.0 Å². The zero-order valence-electron chi connectivity index (χ0n) is 17.5. The maximum absolute atomic E-state index is 11.6. The van der Waals surface area contributed by atoms with Crippen LogP contribution in [0, 0.1) is 6.92 Å². The molecule has 158 valence electrons. The zero-order chi connectivity index (χ0) is 21.1. The molecule has 0 spiro atoms. The number of guanidine groups is 1. The number of rotatable bonds is 10. The Hall–Kier alpha value is -2.74. The molecule has 0 fully saturated rings. The lowest BCUT2D eigenvalue weighted by Crippen LogP contribution is -2.36. The first-order valence-electron chi connectivity index (χ1n) is 9.69. The van der Waals surface area contributed by atoms with Crippen molar-refractivity contribution in [3.05, 3.63) is 45.6 Å². The van der Waals surface area contributed by atoms with Crippen LogP contribution in [0.15, 0.2) is 35.3 Å². The van der Waals surface area contributed by atoms with E-state index in [1.54, 1.807) is 24.5 Å². The van der Waals surface area contributed by atoms with Gasteiger partial charge in [0.05, 0.1) is 20.2 Å². The van der Waals surface area contributed by atoms with E-state index in [4.69, 9.17) is 9.47 Å². The number of hydrogen-bond donors (Lipinski definition) is 3. The molecule has 0 radical (unpaired) electrons. The van der Waals surface area contributed by atoms with E-state index in [2.05, 4.69) is 40.0 Å². The molecule has 1 aromatic heterocycles. The molecule has 1 aromatic carbocycles. The molecule has 0 aliphatic carbocycles. The lowest BCUT2D eigenvalue weighted by Gasteiger charge is -2.13. The Balaban J connectivity index is 1.99. The molecule has 2 aromatic rings. The van der Waals surface area contributed by atoms with Crippen LogP contribution in [0.3, 0.4) is 0 Å². The lowest BCUT2D eigenvalue weighted by molar-refractivity contribution is -0.123. The monoisotopic (exact) mass is 418 g/mol. The number of hydrogen-bond acceptors (Lipinski definition) is 5. The maximum atomic E-state index is 11.6. The van der Waals surface area contributed by atoms with Gasteiger partial charge in [0.25, 0.3) is 5.91 Å². The van der Waals surface area contributed by atoms with Crippen LogP contribution in [0.1, 0.15) is 29.2 Å². The largest absolute Gasteiger partial charge is 0.493 e. The van der Waals surface area contributed by atoms with E-state index in [1.807, 2.05) is 26.0 Å². The number of likely N-dealkylation sites (N-methyl/N-ethyl adjacent to an activating group) is 1. The number of nitrogens with one attached hydrogen (secondary N) is 3. The van der Waals surface area contributed by atoms with Crippen molar-refractivity contribution in [2.45, 2.75) is 33.9 Å². The van der Waals surface area contributed by atoms with Gasteiger partial charge < -0.3 is 25.4 Å². The highest BCUT2D eigenvalue weighted by molar-refractivity contribution is 7.11. The van der Waals surface area contributed by atoms with Crippen LogP contribution < -0.4 is 25.4 Å². The standard InChI is InChI=1S/C21H30N4O3S/c1-5-22-20(26)14-28-18-10-8-16(11-19(18)27-4)12-24-21(23-6-2)25-13-17-9-7-15(3)29-17/h7-11H,5-6,12-14H2,1-4H3,(H,22,26)(H2,23,24,25). The minimum Gasteiger partial charge on any atom is -0.493 e. The predicted molar refractivity (Wildman–Crippen MR) is 118 cm³/mol. The molecule has 0 saturated carbocycles. The Labute approximate surface area is 176 Å². The summed E-state index contributed by atoms with van der Waals surface area (Å²) in [5.41, 5.74) is 0.983. The Morgan fingerprint density at radius 1 is 1.07 bits per heavy atom. The maximum Gasteiger partial charge on any atom is 0.257 e. The summed E-state index contributed by atoms with van der Waals surface area (Å²) >= 11 is 1.77. The molecule has 2 rings (SSSR count). The SMILES string of the molecule is CCNC(=O)COc1ccc(CN=C(NCC)NCc2ccc(C)s2)cc1OC. The number of ether oxygens (including phenoxy) is 2. The van der Waals surface area contributed by atoms with E-state index in [1.165, 1.54) is 9.75 Å². The van der Waals surface area contributed by atoms with Gasteiger partial charge in [-0.25, -0.2) is 4.99 Å². The number of thiophene rings is 1. The first-order chi connectivity index (χ1) is 14.0. The van der Waals surface area contributed by atoms with Gasteiger partial charge in [-0.2, -0.15) is 0 Å². The van der Waals surface area contributed by atoms with Crippen molar-refractivity contribution in [1.29, 1.82) is 0 Å². The lowest BCUT2D eigenvalue weighted by atomic mass is 10.2. The first-order valence-corrected chi connectivity index (χ1v) is 10.5. The summed E-state index contributed by atoms with van der Waals surface area (Å²) in [4.78, 5) is 18.8. The number of benzene rings is 1. The number of carbonyl (C=O) groups excluding carboxylic acids is 1. The van der Waals surface area contributed by atoms with Gasteiger partial charge in [0.15, 0.2) is 24.1 Å². The minimum atomic E-state index is -0.162. The molecule has 0 atom stereocenters. The summed E-state index contributed by atoms with van der Waals surface area (Å²) in [6, 6.07) is 9.85. The third-order valence-electron chi connectivity index (χ3n) is 3.95. The molecular weight excluding hydrogens is 388 g/mol. The van der Waals surface area contributed by atoms with E-state index >= 15 is 0 Å². The number of methoxy groups -OCH3 is 1. The minimum absolute atomic E-state index is 0.0433. The molecule has 8 heteroatoms. The van der Waals surface area contributed by atoms with Crippen LogP contribution in [0.5, 0.6) is 11.5 Å². The van der Waals surface area contributed by atoms with Gasteiger partial charge in [0.2, 0.25) is 0 Å². The fourth-order valence-corrected chi connectivity index (χ4v) is 3.41. The van der Waals surface area contributed by atoms with Crippen molar-refractivity contribution >= 4 is 23.2 Å². The van der Waals surface area contributed by atoms with Crippen LogP contribution in [0.2, 0.25) is 0 Å². The van der Waals surface area contributed by atoms with Crippen molar-refractivity contribution in [2.75, 3.05) is 26.8 Å². The van der Waals surface area contributed by atoms with Crippen LogP contribution in [-0.2, 0) is 17.9 Å². The van der Waals surface area contributed by atoms with Crippen LogP contribution >= 0.6 is 11.3 Å². The third kappa shape index (κ3) is 7.65. The Kier molecular flexibility index (Phi) is 9.30. The summed E-state index contributed by atoms with van der Waals surface area (Å²) < 4.78 is 11.0. The molecule has 1 amide bonds. The number of aryl methyl sites for hydroxylation is 1. The number of nitrogens with zero attached hydrogens (tertiary/aromatic N) is 1. The summed E-state index contributed by atoms with van der Waals surface area (Å²) in [5.74, 6) is 1.71. The summed E-state index contributed by atoms with van der Waals surface area (Å²) in [6.07, 6.45) is 0. The molecule has 7 nitrogen and oxygen atoms in total. The van der Waals surface area contributed by atoms with Gasteiger partial charge >= 0.3 is 0 Å². The molecule has 0 aliphatic heterocycles. The van der Waals surface area contributed by atoms with Crippen LogP contribution in [-0.4, -0.2) is 38.7 Å². The van der Waals surface area contributed by atoms with E-state index in [0.29, 0.717) is 24.6 Å². The van der Waals surface area contributed by atoms with E-state index < -0.39 is 0 Å². The quantitative estimate of drug-likeness (QED) is 0.408. The Bertz CT molecular complexity index is 820. The Morgan fingerprint density at radius 3 is 2.52 bits per heavy atom. The highest BCUT2D eigenvalue weighted by Crippen LogP contribution is 2.28. The van der Waals surface area contributed by atoms with E-state index in [9.17, 15) is 4.79 Å². The van der Waals surface area contributed by atoms with Crippen LogP contribution in [0.25, 0.3) is 0 Å².